The number of carboxylic acid groups (broad SMARTS) is 1. The maximum atomic E-state index is 10.5. The lowest BCUT2D eigenvalue weighted by Crippen LogP contribution is -2.24. The standard InChI is InChI=1S/C15H21NO2/c1-11-4-6-12(7-5-11)15(13-8-9-13)16-10-2-3-14(17)18/h4-7,13,15-16H,2-3,8-10H2,1H3,(H,17,18). The van der Waals surface area contributed by atoms with E-state index in [4.69, 9.17) is 5.11 Å². The van der Waals surface area contributed by atoms with Crippen LogP contribution in [0.5, 0.6) is 0 Å². The number of hydrogen-bond acceptors (Lipinski definition) is 2. The SMILES string of the molecule is Cc1ccc(C(NCCCC(=O)O)C2CC2)cc1. The molecule has 0 radical (unpaired) electrons. The second kappa shape index (κ2) is 6.01. The summed E-state index contributed by atoms with van der Waals surface area (Å²) in [5, 5.41) is 12.1. The van der Waals surface area contributed by atoms with E-state index in [-0.39, 0.29) is 6.42 Å². The van der Waals surface area contributed by atoms with Crippen LogP contribution in [0.2, 0.25) is 0 Å². The second-order valence-corrected chi connectivity index (χ2v) is 5.18. The number of carboxylic acids is 1. The third-order valence-corrected chi connectivity index (χ3v) is 3.46. The Bertz CT molecular complexity index is 395. The van der Waals surface area contributed by atoms with Gasteiger partial charge >= 0.3 is 5.97 Å². The zero-order valence-electron chi connectivity index (χ0n) is 10.9. The maximum Gasteiger partial charge on any atom is 0.303 e. The molecule has 3 heteroatoms. The molecule has 2 N–H and O–H groups in total. The first-order valence-corrected chi connectivity index (χ1v) is 6.68. The van der Waals surface area contributed by atoms with Gasteiger partial charge in [0.15, 0.2) is 0 Å². The van der Waals surface area contributed by atoms with Gasteiger partial charge < -0.3 is 10.4 Å². The van der Waals surface area contributed by atoms with E-state index < -0.39 is 5.97 Å². The Balaban J connectivity index is 1.88. The average Bonchev–Trinajstić information content (AvgIpc) is 3.15. The van der Waals surface area contributed by atoms with Gasteiger partial charge in [0.25, 0.3) is 0 Å². The van der Waals surface area contributed by atoms with E-state index in [2.05, 4.69) is 36.5 Å². The van der Waals surface area contributed by atoms with E-state index in [1.54, 1.807) is 0 Å². The Morgan fingerprint density at radius 2 is 2.06 bits per heavy atom. The first kappa shape index (κ1) is 13.1. The molecule has 1 aromatic rings. The van der Waals surface area contributed by atoms with Crippen molar-refractivity contribution >= 4 is 5.97 Å². The van der Waals surface area contributed by atoms with Crippen LogP contribution in [0.3, 0.4) is 0 Å². The fourth-order valence-corrected chi connectivity index (χ4v) is 2.26. The number of rotatable bonds is 7. The summed E-state index contributed by atoms with van der Waals surface area (Å²) < 4.78 is 0. The van der Waals surface area contributed by atoms with Gasteiger partial charge in [-0.15, -0.1) is 0 Å². The molecule has 1 aliphatic rings. The highest BCUT2D eigenvalue weighted by Gasteiger charge is 2.31. The molecule has 0 aromatic heterocycles. The zero-order valence-corrected chi connectivity index (χ0v) is 10.9. The molecule has 3 nitrogen and oxygen atoms in total. The molecular formula is C15H21NO2. The molecule has 0 spiro atoms. The highest BCUT2D eigenvalue weighted by atomic mass is 16.4. The fourth-order valence-electron chi connectivity index (χ4n) is 2.26. The van der Waals surface area contributed by atoms with E-state index in [0.29, 0.717) is 12.5 Å². The average molecular weight is 247 g/mol. The molecule has 98 valence electrons. The van der Waals surface area contributed by atoms with Gasteiger partial charge in [-0.2, -0.15) is 0 Å². The highest BCUT2D eigenvalue weighted by molar-refractivity contribution is 5.66. The second-order valence-electron chi connectivity index (χ2n) is 5.18. The van der Waals surface area contributed by atoms with Gasteiger partial charge in [-0.25, -0.2) is 0 Å². The van der Waals surface area contributed by atoms with E-state index in [1.165, 1.54) is 24.0 Å². The monoisotopic (exact) mass is 247 g/mol. The Hall–Kier alpha value is -1.35. The molecule has 0 saturated heterocycles. The van der Waals surface area contributed by atoms with E-state index in [1.807, 2.05) is 0 Å². The van der Waals surface area contributed by atoms with Crippen molar-refractivity contribution in [3.05, 3.63) is 35.4 Å². The quantitative estimate of drug-likeness (QED) is 0.728. The number of benzene rings is 1. The molecule has 1 saturated carbocycles. The fraction of sp³-hybridized carbons (Fsp3) is 0.533. The third kappa shape index (κ3) is 3.84. The first-order valence-electron chi connectivity index (χ1n) is 6.68. The van der Waals surface area contributed by atoms with Gasteiger partial charge in [0, 0.05) is 12.5 Å². The van der Waals surface area contributed by atoms with Crippen molar-refractivity contribution in [1.82, 2.24) is 5.32 Å². The van der Waals surface area contributed by atoms with Crippen molar-refractivity contribution in [2.45, 2.75) is 38.6 Å². The van der Waals surface area contributed by atoms with Crippen LogP contribution >= 0.6 is 0 Å². The molecule has 0 heterocycles. The Morgan fingerprint density at radius 1 is 1.39 bits per heavy atom. The summed E-state index contributed by atoms with van der Waals surface area (Å²) in [6, 6.07) is 9.05. The lowest BCUT2D eigenvalue weighted by molar-refractivity contribution is -0.137. The van der Waals surface area contributed by atoms with Crippen LogP contribution in [0, 0.1) is 12.8 Å². The largest absolute Gasteiger partial charge is 0.481 e. The Kier molecular flexibility index (Phi) is 4.37. The minimum atomic E-state index is -0.713. The molecule has 1 aromatic carbocycles. The summed E-state index contributed by atoms with van der Waals surface area (Å²) in [6.45, 7) is 2.87. The minimum absolute atomic E-state index is 0.248. The minimum Gasteiger partial charge on any atom is -0.481 e. The Labute approximate surface area is 108 Å². The smallest absolute Gasteiger partial charge is 0.303 e. The highest BCUT2D eigenvalue weighted by Crippen LogP contribution is 2.40. The van der Waals surface area contributed by atoms with Crippen molar-refractivity contribution in [2.75, 3.05) is 6.54 Å². The predicted octanol–water partition coefficient (Wildman–Crippen LogP) is 2.90. The van der Waals surface area contributed by atoms with Crippen LogP contribution < -0.4 is 5.32 Å². The van der Waals surface area contributed by atoms with Gasteiger partial charge in [0.1, 0.15) is 0 Å². The van der Waals surface area contributed by atoms with Crippen molar-refractivity contribution < 1.29 is 9.90 Å². The van der Waals surface area contributed by atoms with Crippen molar-refractivity contribution in [3.8, 4) is 0 Å². The lowest BCUT2D eigenvalue weighted by Gasteiger charge is -2.18. The Morgan fingerprint density at radius 3 is 2.61 bits per heavy atom. The number of aliphatic carboxylic acids is 1. The van der Waals surface area contributed by atoms with E-state index >= 15 is 0 Å². The van der Waals surface area contributed by atoms with Gasteiger partial charge in [-0.1, -0.05) is 29.8 Å². The van der Waals surface area contributed by atoms with Crippen molar-refractivity contribution in [3.63, 3.8) is 0 Å². The van der Waals surface area contributed by atoms with E-state index in [0.717, 1.165) is 12.5 Å². The van der Waals surface area contributed by atoms with E-state index in [9.17, 15) is 4.79 Å². The molecule has 1 fully saturated rings. The van der Waals surface area contributed by atoms with Crippen LogP contribution in [0.25, 0.3) is 0 Å². The van der Waals surface area contributed by atoms with Gasteiger partial charge in [0.05, 0.1) is 0 Å². The van der Waals surface area contributed by atoms with Crippen LogP contribution in [0.15, 0.2) is 24.3 Å². The van der Waals surface area contributed by atoms with Crippen LogP contribution in [0.1, 0.15) is 42.9 Å². The first-order chi connectivity index (χ1) is 8.66. The molecule has 0 bridgehead atoms. The number of nitrogens with one attached hydrogen (secondary N) is 1. The summed E-state index contributed by atoms with van der Waals surface area (Å²) in [6.07, 6.45) is 3.51. The third-order valence-electron chi connectivity index (χ3n) is 3.46. The molecule has 1 unspecified atom stereocenters. The number of carbonyl (C=O) groups is 1. The van der Waals surface area contributed by atoms with Gasteiger partial charge in [-0.05, 0) is 44.2 Å². The summed E-state index contributed by atoms with van der Waals surface area (Å²) >= 11 is 0. The summed E-state index contributed by atoms with van der Waals surface area (Å²) in [7, 11) is 0. The van der Waals surface area contributed by atoms with Gasteiger partial charge in [0.2, 0.25) is 0 Å². The predicted molar refractivity (Wildman–Crippen MR) is 71.5 cm³/mol. The summed E-state index contributed by atoms with van der Waals surface area (Å²) in [5.74, 6) is 0.0210. The zero-order chi connectivity index (χ0) is 13.0. The van der Waals surface area contributed by atoms with Crippen molar-refractivity contribution in [1.29, 1.82) is 0 Å². The molecule has 0 aliphatic heterocycles. The molecule has 1 aliphatic carbocycles. The number of aryl methyl sites for hydroxylation is 1. The molecule has 1 atom stereocenters. The molecule has 18 heavy (non-hydrogen) atoms. The summed E-state index contributed by atoms with van der Waals surface area (Å²) in [5.41, 5.74) is 2.61. The molecule has 0 amide bonds. The summed E-state index contributed by atoms with van der Waals surface area (Å²) in [4.78, 5) is 10.5. The topological polar surface area (TPSA) is 49.3 Å². The van der Waals surface area contributed by atoms with Crippen LogP contribution in [-0.4, -0.2) is 17.6 Å². The normalized spacial score (nSPS) is 16.5. The van der Waals surface area contributed by atoms with Crippen molar-refractivity contribution in [2.24, 2.45) is 5.92 Å². The molecule has 2 rings (SSSR count). The van der Waals surface area contributed by atoms with Crippen LogP contribution in [0.4, 0.5) is 0 Å². The van der Waals surface area contributed by atoms with Crippen LogP contribution in [-0.2, 0) is 4.79 Å². The van der Waals surface area contributed by atoms with Gasteiger partial charge in [-0.3, -0.25) is 4.79 Å². The lowest BCUT2D eigenvalue weighted by atomic mass is 10.0. The number of hydrogen-bond donors (Lipinski definition) is 2. The molecular weight excluding hydrogens is 226 g/mol. The maximum absolute atomic E-state index is 10.5.